The number of aryl methyl sites for hydroxylation is 1. The third kappa shape index (κ3) is 6.23. The van der Waals surface area contributed by atoms with E-state index >= 15 is 0 Å². The molecule has 1 aliphatic carbocycles. The Labute approximate surface area is 270 Å². The van der Waals surface area contributed by atoms with Crippen LogP contribution in [0.2, 0.25) is 0 Å². The van der Waals surface area contributed by atoms with E-state index in [4.69, 9.17) is 25.2 Å². The van der Waals surface area contributed by atoms with Gasteiger partial charge in [-0.15, -0.1) is 0 Å². The van der Waals surface area contributed by atoms with Crippen molar-refractivity contribution in [3.63, 3.8) is 0 Å². The van der Waals surface area contributed by atoms with Gasteiger partial charge < -0.3 is 35.6 Å². The standard InChI is InChI=1S/C33H46N10O3/c1-21-18-24(40-39-21)28-31(36-27-8-17-46-20-33(27)9-10-33)38-32(29(37-28)30(34)44)35-22-4-5-25(26(19-22)45-3)43-11-6-23(7-12-43)42-15-13-41(2)14-16-42/h4-5,18-19,23,27H,6-17,20H2,1-3H3,(H2,34,44)(H,39,40)(H2,35,36,38). The lowest BCUT2D eigenvalue weighted by atomic mass is 9.92. The van der Waals surface area contributed by atoms with Gasteiger partial charge in [0.25, 0.3) is 5.91 Å². The number of rotatable bonds is 9. The summed E-state index contributed by atoms with van der Waals surface area (Å²) in [4.78, 5) is 29.9. The van der Waals surface area contributed by atoms with Gasteiger partial charge in [0.1, 0.15) is 17.1 Å². The Morgan fingerprint density at radius 3 is 2.52 bits per heavy atom. The summed E-state index contributed by atoms with van der Waals surface area (Å²) in [6.45, 7) is 9.89. The number of hydrogen-bond donors (Lipinski definition) is 4. The molecule has 4 fully saturated rings. The maximum Gasteiger partial charge on any atom is 0.271 e. The fraction of sp³-hybridized carbons (Fsp3) is 0.576. The number of aromatic nitrogens is 4. The van der Waals surface area contributed by atoms with Crippen LogP contribution in [0.3, 0.4) is 0 Å². The molecule has 0 bridgehead atoms. The van der Waals surface area contributed by atoms with Crippen molar-refractivity contribution in [2.24, 2.45) is 11.1 Å². The van der Waals surface area contributed by atoms with Gasteiger partial charge in [-0.2, -0.15) is 5.10 Å². The Bertz CT molecular complexity index is 1560. The first-order valence-electron chi connectivity index (χ1n) is 16.5. The van der Waals surface area contributed by atoms with Crippen LogP contribution < -0.4 is 26.0 Å². The van der Waals surface area contributed by atoms with Crippen LogP contribution in [0.5, 0.6) is 5.75 Å². The van der Waals surface area contributed by atoms with Gasteiger partial charge >= 0.3 is 0 Å². The summed E-state index contributed by atoms with van der Waals surface area (Å²) in [5.74, 6) is 0.928. The van der Waals surface area contributed by atoms with Crippen molar-refractivity contribution in [1.82, 2.24) is 30.0 Å². The maximum absolute atomic E-state index is 12.7. The molecule has 5 N–H and O–H groups in total. The van der Waals surface area contributed by atoms with E-state index in [1.807, 2.05) is 25.1 Å². The number of methoxy groups -OCH3 is 1. The van der Waals surface area contributed by atoms with Crippen LogP contribution >= 0.6 is 0 Å². The molecule has 1 amide bonds. The van der Waals surface area contributed by atoms with Crippen LogP contribution in [0, 0.1) is 12.3 Å². The minimum atomic E-state index is -0.674. The molecule has 1 unspecified atom stereocenters. The summed E-state index contributed by atoms with van der Waals surface area (Å²) < 4.78 is 11.7. The van der Waals surface area contributed by atoms with E-state index < -0.39 is 5.91 Å². The number of benzene rings is 1. The Morgan fingerprint density at radius 1 is 1.07 bits per heavy atom. The van der Waals surface area contributed by atoms with E-state index in [0.29, 0.717) is 29.9 Å². The molecule has 1 atom stereocenters. The van der Waals surface area contributed by atoms with Crippen molar-refractivity contribution in [1.29, 1.82) is 0 Å². The zero-order valence-corrected chi connectivity index (χ0v) is 27.1. The van der Waals surface area contributed by atoms with Crippen LogP contribution in [0.25, 0.3) is 11.4 Å². The Hall–Kier alpha value is -3.94. The second-order valence-electron chi connectivity index (χ2n) is 13.4. The van der Waals surface area contributed by atoms with Crippen molar-refractivity contribution >= 4 is 28.9 Å². The van der Waals surface area contributed by atoms with Crippen molar-refractivity contribution in [3.05, 3.63) is 35.7 Å². The summed E-state index contributed by atoms with van der Waals surface area (Å²) in [7, 11) is 3.90. The molecule has 1 spiro atoms. The number of nitrogens with zero attached hydrogens (tertiary/aromatic N) is 6. The molecule has 13 heteroatoms. The molecule has 0 radical (unpaired) electrons. The van der Waals surface area contributed by atoms with Gasteiger partial charge in [0.05, 0.1) is 19.4 Å². The van der Waals surface area contributed by atoms with Crippen LogP contribution in [-0.4, -0.2) is 115 Å². The number of piperidine rings is 1. The van der Waals surface area contributed by atoms with Crippen LogP contribution in [0.4, 0.5) is 23.0 Å². The van der Waals surface area contributed by atoms with Gasteiger partial charge in [-0.3, -0.25) is 14.8 Å². The lowest BCUT2D eigenvalue weighted by Crippen LogP contribution is -2.52. The smallest absolute Gasteiger partial charge is 0.271 e. The third-order valence-electron chi connectivity index (χ3n) is 10.3. The maximum atomic E-state index is 12.7. The van der Waals surface area contributed by atoms with Crippen molar-refractivity contribution in [3.8, 4) is 17.1 Å². The topological polar surface area (TPSA) is 150 Å². The summed E-state index contributed by atoms with van der Waals surface area (Å²) in [5.41, 5.74) is 9.78. The average Bonchev–Trinajstić information content (AvgIpc) is 3.71. The van der Waals surface area contributed by atoms with Crippen molar-refractivity contribution < 1.29 is 14.3 Å². The number of carbonyl (C=O) groups is 1. The van der Waals surface area contributed by atoms with Gasteiger partial charge in [0.2, 0.25) is 0 Å². The highest BCUT2D eigenvalue weighted by molar-refractivity contribution is 5.97. The molecule has 46 heavy (non-hydrogen) atoms. The van der Waals surface area contributed by atoms with E-state index in [1.165, 1.54) is 0 Å². The lowest BCUT2D eigenvalue weighted by molar-refractivity contribution is 0.0351. The number of nitrogens with two attached hydrogens (primary N) is 1. The van der Waals surface area contributed by atoms with Crippen molar-refractivity contribution in [2.45, 2.75) is 51.1 Å². The molecule has 5 heterocycles. The number of anilines is 4. The first kappa shape index (κ1) is 30.7. The molecule has 1 aromatic carbocycles. The molecule has 13 nitrogen and oxygen atoms in total. The molecule has 3 aromatic rings. The predicted octanol–water partition coefficient (Wildman–Crippen LogP) is 3.22. The molecule has 2 aromatic heterocycles. The van der Waals surface area contributed by atoms with Crippen LogP contribution in [-0.2, 0) is 4.74 Å². The van der Waals surface area contributed by atoms with Gasteiger partial charge in [-0.1, -0.05) is 0 Å². The van der Waals surface area contributed by atoms with Crippen LogP contribution in [0.15, 0.2) is 24.3 Å². The minimum absolute atomic E-state index is 0.0448. The summed E-state index contributed by atoms with van der Waals surface area (Å²) in [6, 6.07) is 8.72. The molecular weight excluding hydrogens is 584 g/mol. The number of nitrogens with one attached hydrogen (secondary N) is 3. The molecule has 1 saturated carbocycles. The number of amides is 1. The monoisotopic (exact) mass is 630 g/mol. The Kier molecular flexibility index (Phi) is 8.47. The number of ether oxygens (including phenoxy) is 2. The van der Waals surface area contributed by atoms with E-state index in [1.54, 1.807) is 7.11 Å². The van der Waals surface area contributed by atoms with Gasteiger partial charge in [-0.05, 0) is 64.3 Å². The van der Waals surface area contributed by atoms with E-state index in [-0.39, 0.29) is 23.0 Å². The fourth-order valence-electron chi connectivity index (χ4n) is 7.25. The van der Waals surface area contributed by atoms with Gasteiger partial charge in [0.15, 0.2) is 17.3 Å². The van der Waals surface area contributed by atoms with Crippen molar-refractivity contribution in [2.75, 3.05) is 82.2 Å². The second-order valence-corrected chi connectivity index (χ2v) is 13.4. The number of aromatic amines is 1. The number of piperazine rings is 1. The highest BCUT2D eigenvalue weighted by Crippen LogP contribution is 2.52. The largest absolute Gasteiger partial charge is 0.495 e. The number of primary amides is 1. The van der Waals surface area contributed by atoms with E-state index in [2.05, 4.69) is 48.6 Å². The fourth-order valence-corrected chi connectivity index (χ4v) is 7.25. The van der Waals surface area contributed by atoms with Crippen LogP contribution in [0.1, 0.15) is 48.3 Å². The molecule has 4 aliphatic rings. The molecule has 246 valence electrons. The third-order valence-corrected chi connectivity index (χ3v) is 10.3. The summed E-state index contributed by atoms with van der Waals surface area (Å²) in [5, 5.41) is 14.4. The summed E-state index contributed by atoms with van der Waals surface area (Å²) in [6.07, 6.45) is 5.36. The predicted molar refractivity (Wildman–Crippen MR) is 178 cm³/mol. The zero-order chi connectivity index (χ0) is 31.8. The average molecular weight is 631 g/mol. The van der Waals surface area contributed by atoms with E-state index in [0.717, 1.165) is 101 Å². The molecule has 7 rings (SSSR count). The number of carbonyl (C=O) groups excluding carboxylic acids is 1. The number of H-pyrrole nitrogens is 1. The molecular formula is C33H46N10O3. The Morgan fingerprint density at radius 2 is 1.85 bits per heavy atom. The number of likely N-dealkylation sites (N-methyl/N-ethyl adjacent to an activating group) is 1. The normalized spacial score (nSPS) is 22.2. The number of hydrogen-bond acceptors (Lipinski definition) is 11. The Balaban J connectivity index is 1.13. The molecule has 3 aliphatic heterocycles. The quantitative estimate of drug-likeness (QED) is 0.276. The van der Waals surface area contributed by atoms with E-state index in [9.17, 15) is 4.79 Å². The minimum Gasteiger partial charge on any atom is -0.495 e. The SMILES string of the molecule is COc1cc(Nc2nc(NC3CCOCC34CC4)c(-c3cc(C)[nH]n3)nc2C(N)=O)ccc1N1CCC(N2CCN(C)CC2)CC1. The second kappa shape index (κ2) is 12.7. The zero-order valence-electron chi connectivity index (χ0n) is 27.1. The lowest BCUT2D eigenvalue weighted by Gasteiger charge is -2.42. The summed E-state index contributed by atoms with van der Waals surface area (Å²) >= 11 is 0. The van der Waals surface area contributed by atoms with Gasteiger partial charge in [0, 0.05) is 80.8 Å². The highest BCUT2D eigenvalue weighted by Gasteiger charge is 2.51. The molecule has 3 saturated heterocycles. The first-order chi connectivity index (χ1) is 22.3. The van der Waals surface area contributed by atoms with Gasteiger partial charge in [-0.25, -0.2) is 9.97 Å². The first-order valence-corrected chi connectivity index (χ1v) is 16.5. The highest BCUT2D eigenvalue weighted by atomic mass is 16.5.